The SMILES string of the molecule is CC(=Cc1cc(C(C)(C)C)c(O)c2ccccc12)C(=O)C(C)(C)C. The van der Waals surface area contributed by atoms with Crippen LogP contribution >= 0.6 is 0 Å². The highest BCUT2D eigenvalue weighted by Gasteiger charge is 2.24. The lowest BCUT2D eigenvalue weighted by molar-refractivity contribution is -0.122. The Bertz CT molecular complexity index is 812. The minimum atomic E-state index is -0.403. The summed E-state index contributed by atoms with van der Waals surface area (Å²) in [4.78, 5) is 12.5. The number of rotatable bonds is 2. The van der Waals surface area contributed by atoms with E-state index in [1.165, 1.54) is 0 Å². The second kappa shape index (κ2) is 6.08. The van der Waals surface area contributed by atoms with Crippen molar-refractivity contribution in [3.8, 4) is 5.75 Å². The maximum atomic E-state index is 12.5. The average molecular weight is 324 g/mol. The highest BCUT2D eigenvalue weighted by atomic mass is 16.3. The summed E-state index contributed by atoms with van der Waals surface area (Å²) < 4.78 is 0. The molecule has 0 spiro atoms. The van der Waals surface area contributed by atoms with E-state index in [1.54, 1.807) is 0 Å². The molecule has 0 amide bonds. The predicted octanol–water partition coefficient (Wildman–Crippen LogP) is 5.86. The van der Waals surface area contributed by atoms with E-state index in [9.17, 15) is 9.90 Å². The van der Waals surface area contributed by atoms with Gasteiger partial charge in [-0.2, -0.15) is 0 Å². The van der Waals surface area contributed by atoms with Crippen LogP contribution in [0.1, 0.15) is 59.6 Å². The van der Waals surface area contributed by atoms with Crippen LogP contribution in [-0.4, -0.2) is 10.9 Å². The van der Waals surface area contributed by atoms with E-state index >= 15 is 0 Å². The van der Waals surface area contributed by atoms with E-state index in [2.05, 4.69) is 20.8 Å². The summed E-state index contributed by atoms with van der Waals surface area (Å²) in [5, 5.41) is 12.5. The fourth-order valence-electron chi connectivity index (χ4n) is 2.97. The average Bonchev–Trinajstić information content (AvgIpc) is 2.47. The van der Waals surface area contributed by atoms with E-state index in [0.717, 1.165) is 27.5 Å². The number of phenols is 1. The maximum absolute atomic E-state index is 12.5. The first-order valence-corrected chi connectivity index (χ1v) is 8.41. The number of allylic oxidation sites excluding steroid dienone is 1. The van der Waals surface area contributed by atoms with E-state index < -0.39 is 5.41 Å². The first-order valence-electron chi connectivity index (χ1n) is 8.41. The Morgan fingerprint density at radius 2 is 1.54 bits per heavy atom. The van der Waals surface area contributed by atoms with E-state index in [1.807, 2.05) is 64.1 Å². The summed E-state index contributed by atoms with van der Waals surface area (Å²) in [5.74, 6) is 0.465. The van der Waals surface area contributed by atoms with Gasteiger partial charge in [-0.25, -0.2) is 0 Å². The van der Waals surface area contributed by atoms with Gasteiger partial charge in [-0.3, -0.25) is 4.79 Å². The van der Waals surface area contributed by atoms with Gasteiger partial charge in [0.25, 0.3) is 0 Å². The van der Waals surface area contributed by atoms with Crippen LogP contribution in [0.2, 0.25) is 0 Å². The molecule has 2 heteroatoms. The molecule has 0 unspecified atom stereocenters. The van der Waals surface area contributed by atoms with Crippen LogP contribution in [0.5, 0.6) is 5.75 Å². The molecule has 1 N–H and O–H groups in total. The van der Waals surface area contributed by atoms with Gasteiger partial charge in [-0.05, 0) is 41.0 Å². The second-order valence-electron chi connectivity index (χ2n) is 8.56. The molecule has 0 aliphatic carbocycles. The summed E-state index contributed by atoms with van der Waals surface area (Å²) in [6, 6.07) is 9.81. The van der Waals surface area contributed by atoms with Gasteiger partial charge >= 0.3 is 0 Å². The smallest absolute Gasteiger partial charge is 0.163 e. The summed E-state index contributed by atoms with van der Waals surface area (Å²) >= 11 is 0. The van der Waals surface area contributed by atoms with E-state index in [-0.39, 0.29) is 11.2 Å². The number of hydrogen-bond acceptors (Lipinski definition) is 2. The Labute approximate surface area is 145 Å². The second-order valence-corrected chi connectivity index (χ2v) is 8.56. The van der Waals surface area contributed by atoms with E-state index in [4.69, 9.17) is 0 Å². The van der Waals surface area contributed by atoms with E-state index in [0.29, 0.717) is 5.75 Å². The van der Waals surface area contributed by atoms with Crippen molar-refractivity contribution in [1.29, 1.82) is 0 Å². The molecule has 0 saturated carbocycles. The van der Waals surface area contributed by atoms with Crippen molar-refractivity contribution in [2.45, 2.75) is 53.9 Å². The fraction of sp³-hybridized carbons (Fsp3) is 0.409. The quantitative estimate of drug-likeness (QED) is 0.702. The molecule has 2 aromatic carbocycles. The number of ketones is 1. The first kappa shape index (κ1) is 18.3. The zero-order chi connectivity index (χ0) is 18.3. The molecule has 0 heterocycles. The van der Waals surface area contributed by atoms with Crippen LogP contribution in [0.25, 0.3) is 16.8 Å². The van der Waals surface area contributed by atoms with Gasteiger partial charge in [-0.1, -0.05) is 65.8 Å². The Morgan fingerprint density at radius 1 is 1.00 bits per heavy atom. The number of carbonyl (C=O) groups excluding carboxylic acids is 1. The zero-order valence-corrected chi connectivity index (χ0v) is 15.8. The Balaban J connectivity index is 2.75. The lowest BCUT2D eigenvalue weighted by Crippen LogP contribution is -2.20. The Morgan fingerprint density at radius 3 is 2.04 bits per heavy atom. The van der Waals surface area contributed by atoms with Crippen LogP contribution in [-0.2, 0) is 10.2 Å². The van der Waals surface area contributed by atoms with Crippen LogP contribution in [0.3, 0.4) is 0 Å². The highest BCUT2D eigenvalue weighted by Crippen LogP contribution is 2.39. The molecule has 0 aliphatic heterocycles. The van der Waals surface area contributed by atoms with Gasteiger partial charge in [0, 0.05) is 16.4 Å². The maximum Gasteiger partial charge on any atom is 0.163 e. The molecule has 0 bridgehead atoms. The summed E-state index contributed by atoms with van der Waals surface area (Å²) in [7, 11) is 0. The number of Topliss-reactive ketones (excluding diaryl/α,β-unsaturated/α-hetero) is 1. The van der Waals surface area contributed by atoms with Crippen LogP contribution in [0, 0.1) is 5.41 Å². The number of carbonyl (C=O) groups is 1. The normalized spacial score (nSPS) is 13.4. The summed E-state index contributed by atoms with van der Waals surface area (Å²) in [6.45, 7) is 13.9. The van der Waals surface area contributed by atoms with Gasteiger partial charge in [-0.15, -0.1) is 0 Å². The van der Waals surface area contributed by atoms with Crippen molar-refractivity contribution in [3.05, 3.63) is 47.0 Å². The molecule has 0 radical (unpaired) electrons. The van der Waals surface area contributed by atoms with Gasteiger partial charge < -0.3 is 5.11 Å². The van der Waals surface area contributed by atoms with Crippen molar-refractivity contribution in [3.63, 3.8) is 0 Å². The molecule has 0 aliphatic rings. The molecule has 0 aromatic heterocycles. The highest BCUT2D eigenvalue weighted by molar-refractivity contribution is 6.05. The molecule has 2 rings (SSSR count). The number of fused-ring (bicyclic) bond motifs is 1. The third kappa shape index (κ3) is 3.53. The molecule has 0 saturated heterocycles. The minimum absolute atomic E-state index is 0.136. The molecule has 0 atom stereocenters. The number of benzene rings is 2. The number of aromatic hydroxyl groups is 1. The standard InChI is InChI=1S/C22H28O2/c1-14(20(24)22(5,6)7)12-15-13-18(21(2,3)4)19(23)17-11-9-8-10-16(15)17/h8-13,23H,1-7H3. The van der Waals surface area contributed by atoms with Gasteiger partial charge in [0.2, 0.25) is 0 Å². The van der Waals surface area contributed by atoms with Crippen LogP contribution in [0.15, 0.2) is 35.9 Å². The van der Waals surface area contributed by atoms with Crippen LogP contribution < -0.4 is 0 Å². The molecular weight excluding hydrogens is 296 g/mol. The van der Waals surface area contributed by atoms with Crippen molar-refractivity contribution in [2.75, 3.05) is 0 Å². The minimum Gasteiger partial charge on any atom is -0.507 e. The largest absolute Gasteiger partial charge is 0.507 e. The number of hydrogen-bond donors (Lipinski definition) is 1. The summed E-state index contributed by atoms with van der Waals surface area (Å²) in [5.41, 5.74) is 2.02. The molecule has 2 aromatic rings. The molecule has 2 nitrogen and oxygen atoms in total. The molecule has 24 heavy (non-hydrogen) atoms. The summed E-state index contributed by atoms with van der Waals surface area (Å²) in [6.07, 6.45) is 1.95. The number of phenolic OH excluding ortho intramolecular Hbond substituents is 1. The lowest BCUT2D eigenvalue weighted by Gasteiger charge is -2.23. The topological polar surface area (TPSA) is 37.3 Å². The molecule has 128 valence electrons. The van der Waals surface area contributed by atoms with Crippen molar-refractivity contribution in [1.82, 2.24) is 0 Å². The monoisotopic (exact) mass is 324 g/mol. The predicted molar refractivity (Wildman–Crippen MR) is 102 cm³/mol. The molecule has 0 fully saturated rings. The van der Waals surface area contributed by atoms with Gasteiger partial charge in [0.15, 0.2) is 5.78 Å². The van der Waals surface area contributed by atoms with Gasteiger partial charge in [0.05, 0.1) is 0 Å². The van der Waals surface area contributed by atoms with Crippen molar-refractivity contribution < 1.29 is 9.90 Å². The van der Waals surface area contributed by atoms with Gasteiger partial charge in [0.1, 0.15) is 5.75 Å². The Kier molecular flexibility index (Phi) is 4.63. The first-order chi connectivity index (χ1) is 10.9. The third-order valence-electron chi connectivity index (χ3n) is 4.27. The molecular formula is C22H28O2. The Hall–Kier alpha value is -2.09. The van der Waals surface area contributed by atoms with Crippen LogP contribution in [0.4, 0.5) is 0 Å². The van der Waals surface area contributed by atoms with Crippen molar-refractivity contribution in [2.24, 2.45) is 5.41 Å². The lowest BCUT2D eigenvalue weighted by atomic mass is 9.82. The fourth-order valence-corrected chi connectivity index (χ4v) is 2.97. The zero-order valence-electron chi connectivity index (χ0n) is 15.8. The van der Waals surface area contributed by atoms with Crippen molar-refractivity contribution >= 4 is 22.6 Å². The third-order valence-corrected chi connectivity index (χ3v) is 4.27.